The third kappa shape index (κ3) is 3.34. The van der Waals surface area contributed by atoms with Gasteiger partial charge in [0.25, 0.3) is 0 Å². The van der Waals surface area contributed by atoms with E-state index in [4.69, 9.17) is 4.52 Å². The SMILES string of the molecule is Cc1cc(CNC(=O)Nc2ccccc2)no1. The number of aromatic nitrogens is 1. The highest BCUT2D eigenvalue weighted by Gasteiger charge is 2.03. The van der Waals surface area contributed by atoms with Crippen molar-refractivity contribution in [3.63, 3.8) is 0 Å². The summed E-state index contributed by atoms with van der Waals surface area (Å²) in [4.78, 5) is 11.5. The minimum Gasteiger partial charge on any atom is -0.361 e. The van der Waals surface area contributed by atoms with Crippen LogP contribution >= 0.6 is 0 Å². The van der Waals surface area contributed by atoms with Crippen molar-refractivity contribution >= 4 is 11.7 Å². The van der Waals surface area contributed by atoms with E-state index in [1.54, 1.807) is 13.0 Å². The molecular weight excluding hydrogens is 218 g/mol. The lowest BCUT2D eigenvalue weighted by molar-refractivity contribution is 0.251. The fraction of sp³-hybridized carbons (Fsp3) is 0.167. The van der Waals surface area contributed by atoms with Crippen molar-refractivity contribution in [2.75, 3.05) is 5.32 Å². The molecule has 0 atom stereocenters. The Bertz CT molecular complexity index is 493. The summed E-state index contributed by atoms with van der Waals surface area (Å²) >= 11 is 0. The number of amides is 2. The minimum absolute atomic E-state index is 0.267. The first kappa shape index (κ1) is 11.2. The van der Waals surface area contributed by atoms with Crippen molar-refractivity contribution in [2.45, 2.75) is 13.5 Å². The molecule has 0 radical (unpaired) electrons. The maximum absolute atomic E-state index is 11.5. The second-order valence-electron chi connectivity index (χ2n) is 3.60. The first-order valence-corrected chi connectivity index (χ1v) is 5.26. The predicted octanol–water partition coefficient (Wildman–Crippen LogP) is 2.30. The highest BCUT2D eigenvalue weighted by Crippen LogP contribution is 2.05. The summed E-state index contributed by atoms with van der Waals surface area (Å²) in [5.41, 5.74) is 1.45. The van der Waals surface area contributed by atoms with Crippen LogP contribution in [0, 0.1) is 6.92 Å². The molecule has 5 nitrogen and oxygen atoms in total. The molecule has 0 saturated carbocycles. The molecule has 1 aromatic carbocycles. The van der Waals surface area contributed by atoms with Gasteiger partial charge in [0, 0.05) is 11.8 Å². The van der Waals surface area contributed by atoms with Crippen molar-refractivity contribution in [1.82, 2.24) is 10.5 Å². The van der Waals surface area contributed by atoms with Crippen LogP contribution in [0.3, 0.4) is 0 Å². The predicted molar refractivity (Wildman–Crippen MR) is 63.5 cm³/mol. The fourth-order valence-electron chi connectivity index (χ4n) is 1.37. The lowest BCUT2D eigenvalue weighted by Crippen LogP contribution is -2.28. The van der Waals surface area contributed by atoms with E-state index in [1.165, 1.54) is 0 Å². The number of urea groups is 1. The molecular formula is C12H13N3O2. The molecule has 0 unspecified atom stereocenters. The second kappa shape index (κ2) is 5.16. The average molecular weight is 231 g/mol. The lowest BCUT2D eigenvalue weighted by atomic mass is 10.3. The summed E-state index contributed by atoms with van der Waals surface area (Å²) in [7, 11) is 0. The summed E-state index contributed by atoms with van der Waals surface area (Å²) in [5.74, 6) is 0.727. The number of aryl methyl sites for hydroxylation is 1. The van der Waals surface area contributed by atoms with Crippen LogP contribution in [0.25, 0.3) is 0 Å². The Kier molecular flexibility index (Phi) is 3.40. The first-order valence-electron chi connectivity index (χ1n) is 5.26. The molecule has 0 aliphatic heterocycles. The Labute approximate surface area is 98.8 Å². The van der Waals surface area contributed by atoms with Gasteiger partial charge in [-0.15, -0.1) is 0 Å². The van der Waals surface area contributed by atoms with E-state index in [-0.39, 0.29) is 6.03 Å². The molecule has 0 saturated heterocycles. The Morgan fingerprint density at radius 2 is 2.12 bits per heavy atom. The normalized spacial score (nSPS) is 9.94. The van der Waals surface area contributed by atoms with E-state index >= 15 is 0 Å². The first-order chi connectivity index (χ1) is 8.24. The van der Waals surface area contributed by atoms with Crippen molar-refractivity contribution in [3.05, 3.63) is 47.9 Å². The zero-order valence-corrected chi connectivity index (χ0v) is 9.43. The van der Waals surface area contributed by atoms with Crippen LogP contribution in [0.15, 0.2) is 40.9 Å². The van der Waals surface area contributed by atoms with E-state index in [1.807, 2.05) is 30.3 Å². The number of anilines is 1. The number of carbonyl (C=O) groups is 1. The molecule has 2 aromatic rings. The summed E-state index contributed by atoms with van der Waals surface area (Å²) in [6, 6.07) is 10.8. The Hall–Kier alpha value is -2.30. The zero-order chi connectivity index (χ0) is 12.1. The Balaban J connectivity index is 1.82. The highest BCUT2D eigenvalue weighted by atomic mass is 16.5. The number of carbonyl (C=O) groups excluding carboxylic acids is 1. The molecule has 0 fully saturated rings. The van der Waals surface area contributed by atoms with Gasteiger partial charge < -0.3 is 15.2 Å². The minimum atomic E-state index is -0.267. The topological polar surface area (TPSA) is 67.2 Å². The molecule has 5 heteroatoms. The molecule has 1 heterocycles. The fourth-order valence-corrected chi connectivity index (χ4v) is 1.37. The van der Waals surface area contributed by atoms with Gasteiger partial charge in [-0.25, -0.2) is 4.79 Å². The summed E-state index contributed by atoms with van der Waals surface area (Å²) in [5, 5.41) is 9.18. The lowest BCUT2D eigenvalue weighted by Gasteiger charge is -2.05. The number of para-hydroxylation sites is 1. The summed E-state index contributed by atoms with van der Waals surface area (Å²) < 4.78 is 4.89. The number of benzene rings is 1. The van der Waals surface area contributed by atoms with Gasteiger partial charge in [0.1, 0.15) is 11.5 Å². The van der Waals surface area contributed by atoms with E-state index in [2.05, 4.69) is 15.8 Å². The molecule has 0 aliphatic carbocycles. The van der Waals surface area contributed by atoms with Gasteiger partial charge in [0.15, 0.2) is 0 Å². The van der Waals surface area contributed by atoms with Gasteiger partial charge in [-0.3, -0.25) is 0 Å². The molecule has 0 spiro atoms. The zero-order valence-electron chi connectivity index (χ0n) is 9.43. The number of rotatable bonds is 3. The van der Waals surface area contributed by atoms with E-state index in [9.17, 15) is 4.79 Å². The van der Waals surface area contributed by atoms with Crippen molar-refractivity contribution in [2.24, 2.45) is 0 Å². The van der Waals surface area contributed by atoms with E-state index in [0.29, 0.717) is 12.2 Å². The van der Waals surface area contributed by atoms with E-state index in [0.717, 1.165) is 11.4 Å². The molecule has 0 aliphatic rings. The van der Waals surface area contributed by atoms with Crippen LogP contribution in [-0.4, -0.2) is 11.2 Å². The van der Waals surface area contributed by atoms with Gasteiger partial charge in [-0.2, -0.15) is 0 Å². The molecule has 1 aromatic heterocycles. The Morgan fingerprint density at radius 1 is 1.35 bits per heavy atom. The molecule has 2 N–H and O–H groups in total. The molecule has 88 valence electrons. The number of hydrogen-bond donors (Lipinski definition) is 2. The smallest absolute Gasteiger partial charge is 0.319 e. The summed E-state index contributed by atoms with van der Waals surface area (Å²) in [6.45, 7) is 2.15. The highest BCUT2D eigenvalue weighted by molar-refractivity contribution is 5.89. The Morgan fingerprint density at radius 3 is 2.76 bits per heavy atom. The number of nitrogens with one attached hydrogen (secondary N) is 2. The molecule has 0 bridgehead atoms. The van der Waals surface area contributed by atoms with Gasteiger partial charge in [-0.05, 0) is 19.1 Å². The van der Waals surface area contributed by atoms with Crippen molar-refractivity contribution in [1.29, 1.82) is 0 Å². The van der Waals surface area contributed by atoms with Crippen LogP contribution in [0.1, 0.15) is 11.5 Å². The number of nitrogens with zero attached hydrogens (tertiary/aromatic N) is 1. The maximum atomic E-state index is 11.5. The molecule has 2 amide bonds. The van der Waals surface area contributed by atoms with Crippen molar-refractivity contribution < 1.29 is 9.32 Å². The van der Waals surface area contributed by atoms with Crippen LogP contribution in [0.2, 0.25) is 0 Å². The quantitative estimate of drug-likeness (QED) is 0.851. The number of hydrogen-bond acceptors (Lipinski definition) is 3. The van der Waals surface area contributed by atoms with Gasteiger partial charge in [0.05, 0.1) is 6.54 Å². The van der Waals surface area contributed by atoms with Gasteiger partial charge >= 0.3 is 6.03 Å². The van der Waals surface area contributed by atoms with Crippen LogP contribution in [0.5, 0.6) is 0 Å². The monoisotopic (exact) mass is 231 g/mol. The standard InChI is InChI=1S/C12H13N3O2/c1-9-7-11(15-17-9)8-13-12(16)14-10-5-3-2-4-6-10/h2-7H,8H2,1H3,(H2,13,14,16). The third-order valence-corrected chi connectivity index (χ3v) is 2.14. The van der Waals surface area contributed by atoms with Crippen LogP contribution in [0.4, 0.5) is 10.5 Å². The average Bonchev–Trinajstić information content (AvgIpc) is 2.74. The van der Waals surface area contributed by atoms with Crippen LogP contribution < -0.4 is 10.6 Å². The second-order valence-corrected chi connectivity index (χ2v) is 3.60. The van der Waals surface area contributed by atoms with Crippen LogP contribution in [-0.2, 0) is 6.54 Å². The van der Waals surface area contributed by atoms with Crippen molar-refractivity contribution in [3.8, 4) is 0 Å². The van der Waals surface area contributed by atoms with E-state index < -0.39 is 0 Å². The molecule has 17 heavy (non-hydrogen) atoms. The molecule has 2 rings (SSSR count). The maximum Gasteiger partial charge on any atom is 0.319 e. The largest absolute Gasteiger partial charge is 0.361 e. The third-order valence-electron chi connectivity index (χ3n) is 2.14. The van der Waals surface area contributed by atoms with Gasteiger partial charge in [-0.1, -0.05) is 23.4 Å². The van der Waals surface area contributed by atoms with Gasteiger partial charge in [0.2, 0.25) is 0 Å². The summed E-state index contributed by atoms with van der Waals surface area (Å²) in [6.07, 6.45) is 0.